The molecule has 4 saturated carbocycles. The van der Waals surface area contributed by atoms with Crippen molar-refractivity contribution < 1.29 is 24.2 Å². The van der Waals surface area contributed by atoms with Crippen molar-refractivity contribution in [3.05, 3.63) is 48.0 Å². The predicted octanol–water partition coefficient (Wildman–Crippen LogP) is 7.99. The van der Waals surface area contributed by atoms with Gasteiger partial charge in [0, 0.05) is 13.0 Å². The van der Waals surface area contributed by atoms with Gasteiger partial charge in [0.25, 0.3) is 0 Å². The van der Waals surface area contributed by atoms with E-state index >= 15 is 0 Å². The third-order valence-corrected chi connectivity index (χ3v) is 13.2. The van der Waals surface area contributed by atoms with Gasteiger partial charge in [-0.25, -0.2) is 4.79 Å². The van der Waals surface area contributed by atoms with Crippen molar-refractivity contribution in [2.24, 2.45) is 40.4 Å². The fourth-order valence-electron chi connectivity index (χ4n) is 11.0. The Hall–Kier alpha value is -2.34. The number of rotatable bonds is 9. The first-order valence-corrected chi connectivity index (χ1v) is 17.2. The zero-order valence-electron chi connectivity index (χ0n) is 26.5. The molecule has 6 nitrogen and oxygen atoms in total. The lowest BCUT2D eigenvalue weighted by Gasteiger charge is -2.62. The number of ether oxygens (including phenoxy) is 2. The first-order chi connectivity index (χ1) is 20.8. The van der Waals surface area contributed by atoms with Gasteiger partial charge in [-0.3, -0.25) is 9.69 Å². The van der Waals surface area contributed by atoms with Gasteiger partial charge in [0.1, 0.15) is 0 Å². The maximum Gasteiger partial charge on any atom is 0.413 e. The quantitative estimate of drug-likeness (QED) is 0.179. The van der Waals surface area contributed by atoms with E-state index in [1.807, 2.05) is 12.1 Å². The third-order valence-electron chi connectivity index (χ3n) is 13.2. The molecule has 0 spiro atoms. The molecule has 4 fully saturated rings. The van der Waals surface area contributed by atoms with E-state index in [1.54, 1.807) is 11.0 Å². The number of amides is 1. The number of fused-ring (bicyclic) bond motifs is 6. The van der Waals surface area contributed by atoms with Gasteiger partial charge in [0.05, 0.1) is 12.1 Å². The summed E-state index contributed by atoms with van der Waals surface area (Å²) in [6.07, 6.45) is 16.3. The van der Waals surface area contributed by atoms with E-state index in [0.29, 0.717) is 48.0 Å². The van der Waals surface area contributed by atoms with Crippen LogP contribution in [0.25, 0.3) is 0 Å². The van der Waals surface area contributed by atoms with Crippen LogP contribution in [0, 0.1) is 40.4 Å². The highest BCUT2D eigenvalue weighted by Gasteiger charge is 2.61. The number of carbonyl (C=O) groups is 2. The molecule has 5 aliphatic carbocycles. The Bertz CT molecular complexity index is 1180. The Labute approximate surface area is 258 Å². The van der Waals surface area contributed by atoms with Gasteiger partial charge < -0.3 is 14.6 Å². The number of aliphatic hydroxyl groups is 1. The molecule has 1 N–H and O–H groups in total. The number of aliphatic hydroxyl groups excluding tert-OH is 1. The summed E-state index contributed by atoms with van der Waals surface area (Å²) in [5, 5.41) is 11.4. The van der Waals surface area contributed by atoms with Gasteiger partial charge in [-0.15, -0.1) is 6.58 Å². The van der Waals surface area contributed by atoms with E-state index in [1.165, 1.54) is 56.9 Å². The number of hydrogen-bond donors (Lipinski definition) is 1. The summed E-state index contributed by atoms with van der Waals surface area (Å²) in [5.74, 6) is 2.70. The highest BCUT2D eigenvalue weighted by Crippen LogP contribution is 2.67. The molecular weight excluding hydrogens is 538 g/mol. The molecule has 0 heterocycles. The normalized spacial score (nSPS) is 37.8. The number of carbonyl (C=O) groups excluding carboxylic acids is 2. The van der Waals surface area contributed by atoms with E-state index in [2.05, 4.69) is 32.6 Å². The molecule has 9 atom stereocenters. The van der Waals surface area contributed by atoms with Crippen LogP contribution in [0.3, 0.4) is 0 Å². The summed E-state index contributed by atoms with van der Waals surface area (Å²) in [7, 11) is 0. The smallest absolute Gasteiger partial charge is 0.413 e. The average Bonchev–Trinajstić information content (AvgIpc) is 3.57. The van der Waals surface area contributed by atoms with Crippen LogP contribution >= 0.6 is 0 Å². The van der Waals surface area contributed by atoms with Crippen LogP contribution in [-0.2, 0) is 20.7 Å². The van der Waals surface area contributed by atoms with Crippen molar-refractivity contribution in [3.63, 3.8) is 0 Å². The zero-order valence-corrected chi connectivity index (χ0v) is 26.5. The maximum absolute atomic E-state index is 12.9. The van der Waals surface area contributed by atoms with Crippen molar-refractivity contribution in [2.75, 3.05) is 13.3 Å². The molecule has 1 aromatic carbocycles. The number of hydrogen-bond acceptors (Lipinski definition) is 5. The summed E-state index contributed by atoms with van der Waals surface area (Å²) in [6, 6.07) is 8.15. The minimum Gasteiger partial charge on any atom is -0.428 e. The molecule has 5 aliphatic rings. The molecule has 1 aromatic rings. The van der Waals surface area contributed by atoms with Crippen LogP contribution in [0.1, 0.15) is 114 Å². The van der Waals surface area contributed by atoms with Crippen LogP contribution in [0.4, 0.5) is 4.79 Å². The van der Waals surface area contributed by atoms with Gasteiger partial charge in [-0.05, 0) is 122 Å². The molecule has 0 saturated heterocycles. The van der Waals surface area contributed by atoms with Crippen molar-refractivity contribution in [1.29, 1.82) is 0 Å². The SMILES string of the molecule is C=CCN(C(=O)OCOC(=O)CCC[C@H]1CCC2[C@H]3C(CC[C@@]21C)[C@@]1(C)CCCC[C@H]1C[C@@H]3O)[C@@H]1CCc2ccccc21. The number of benzene rings is 1. The topological polar surface area (TPSA) is 76.1 Å². The molecule has 0 bridgehead atoms. The minimum absolute atomic E-state index is 0.0502. The van der Waals surface area contributed by atoms with Crippen LogP contribution in [0.2, 0.25) is 0 Å². The number of esters is 1. The molecule has 2 unspecified atom stereocenters. The molecule has 6 heteroatoms. The molecular formula is C37H53NO5. The third kappa shape index (κ3) is 5.66. The number of aryl methyl sites for hydroxylation is 1. The van der Waals surface area contributed by atoms with Crippen molar-refractivity contribution in [3.8, 4) is 0 Å². The standard InChI is InChI=1S/C37H53NO5/c1-4-22-38(31-18-15-25-10-5-6-13-28(25)31)35(41)43-24-42-33(40)14-9-12-26-16-17-29-34-30(19-21-37(26,29)3)36(2)20-8-7-11-27(36)23-32(34)39/h4-6,10,13,26-27,29-32,34,39H,1,7-9,11-12,14-24H2,2-3H3/t26-,27-,29?,30?,31+,32-,34-,36-,37+/m0/s1. The summed E-state index contributed by atoms with van der Waals surface area (Å²) in [4.78, 5) is 27.2. The van der Waals surface area contributed by atoms with E-state index in [9.17, 15) is 14.7 Å². The molecule has 43 heavy (non-hydrogen) atoms. The van der Waals surface area contributed by atoms with Gasteiger partial charge in [0.15, 0.2) is 0 Å². The van der Waals surface area contributed by atoms with Crippen molar-refractivity contribution >= 4 is 12.1 Å². The first-order valence-electron chi connectivity index (χ1n) is 17.2. The second-order valence-electron chi connectivity index (χ2n) is 15.0. The van der Waals surface area contributed by atoms with Crippen LogP contribution in [0.15, 0.2) is 36.9 Å². The average molecular weight is 592 g/mol. The summed E-state index contributed by atoms with van der Waals surface area (Å²) in [5.41, 5.74) is 3.09. The molecule has 0 radical (unpaired) electrons. The Morgan fingerprint density at radius 3 is 2.67 bits per heavy atom. The van der Waals surface area contributed by atoms with Gasteiger partial charge in [-0.1, -0.05) is 57.0 Å². The minimum atomic E-state index is -0.478. The zero-order chi connectivity index (χ0) is 30.2. The summed E-state index contributed by atoms with van der Waals surface area (Å²) >= 11 is 0. The second-order valence-corrected chi connectivity index (χ2v) is 15.0. The van der Waals surface area contributed by atoms with Crippen LogP contribution in [0.5, 0.6) is 0 Å². The van der Waals surface area contributed by atoms with Gasteiger partial charge in [-0.2, -0.15) is 0 Å². The Morgan fingerprint density at radius 1 is 1.02 bits per heavy atom. The molecule has 0 aromatic heterocycles. The number of nitrogens with zero attached hydrogens (tertiary/aromatic N) is 1. The highest BCUT2D eigenvalue weighted by atomic mass is 16.7. The van der Waals surface area contributed by atoms with Gasteiger partial charge >= 0.3 is 12.1 Å². The van der Waals surface area contributed by atoms with E-state index in [0.717, 1.165) is 37.7 Å². The first kappa shape index (κ1) is 30.7. The molecule has 6 rings (SSSR count). The lowest BCUT2D eigenvalue weighted by atomic mass is 9.44. The van der Waals surface area contributed by atoms with Crippen LogP contribution in [-0.4, -0.2) is 41.5 Å². The maximum atomic E-state index is 12.9. The van der Waals surface area contributed by atoms with E-state index in [-0.39, 0.29) is 30.3 Å². The monoisotopic (exact) mass is 591 g/mol. The highest BCUT2D eigenvalue weighted by molar-refractivity contribution is 5.71. The fraction of sp³-hybridized carbons (Fsp3) is 0.730. The fourth-order valence-corrected chi connectivity index (χ4v) is 11.0. The Kier molecular flexibility index (Phi) is 8.97. The molecule has 236 valence electrons. The van der Waals surface area contributed by atoms with E-state index in [4.69, 9.17) is 9.47 Å². The van der Waals surface area contributed by atoms with E-state index < -0.39 is 6.09 Å². The lowest BCUT2D eigenvalue weighted by Crippen LogP contribution is -2.57. The molecule has 0 aliphatic heterocycles. The summed E-state index contributed by atoms with van der Waals surface area (Å²) in [6.45, 7) is 8.88. The second kappa shape index (κ2) is 12.6. The summed E-state index contributed by atoms with van der Waals surface area (Å²) < 4.78 is 10.7. The Morgan fingerprint density at radius 2 is 1.84 bits per heavy atom. The molecule has 1 amide bonds. The largest absolute Gasteiger partial charge is 0.428 e. The van der Waals surface area contributed by atoms with Gasteiger partial charge in [0.2, 0.25) is 6.79 Å². The van der Waals surface area contributed by atoms with Crippen molar-refractivity contribution in [1.82, 2.24) is 4.90 Å². The lowest BCUT2D eigenvalue weighted by molar-refractivity contribution is -0.163. The Balaban J connectivity index is 0.966. The predicted molar refractivity (Wildman–Crippen MR) is 167 cm³/mol. The van der Waals surface area contributed by atoms with Crippen LogP contribution < -0.4 is 0 Å². The van der Waals surface area contributed by atoms with Crippen molar-refractivity contribution in [2.45, 2.75) is 116 Å².